The van der Waals surface area contributed by atoms with Gasteiger partial charge in [-0.05, 0) is 87.3 Å². The second-order valence-electron chi connectivity index (χ2n) is 8.38. The molecule has 32 heavy (non-hydrogen) atoms. The van der Waals surface area contributed by atoms with Crippen LogP contribution in [0.1, 0.15) is 0 Å². The van der Waals surface area contributed by atoms with Crippen molar-refractivity contribution in [3.05, 3.63) is 113 Å². The number of hydrogen-bond acceptors (Lipinski definition) is 0. The van der Waals surface area contributed by atoms with Gasteiger partial charge in [0.1, 0.15) is 0 Å². The van der Waals surface area contributed by atoms with Gasteiger partial charge in [0.15, 0.2) is 0 Å². The molecule has 0 spiro atoms. The lowest BCUT2D eigenvalue weighted by atomic mass is 9.98. The first kappa shape index (κ1) is 18.2. The van der Waals surface area contributed by atoms with Gasteiger partial charge in [-0.1, -0.05) is 66.7 Å². The number of hydrogen-bond donors (Lipinski definition) is 0. The number of rotatable bonds is 2. The molecule has 0 bridgehead atoms. The van der Waals surface area contributed by atoms with Crippen LogP contribution in [-0.4, -0.2) is 4.40 Å². The zero-order valence-corrected chi connectivity index (χ0v) is 19.4. The first-order valence-electron chi connectivity index (χ1n) is 10.8. The highest BCUT2D eigenvalue weighted by atomic mass is 127. The second-order valence-corrected chi connectivity index (χ2v) is 9.63. The molecular formula is C30H18IN. The summed E-state index contributed by atoms with van der Waals surface area (Å²) in [6.45, 7) is 0. The summed E-state index contributed by atoms with van der Waals surface area (Å²) in [4.78, 5) is 0. The van der Waals surface area contributed by atoms with E-state index >= 15 is 0 Å². The summed E-state index contributed by atoms with van der Waals surface area (Å²) in [6, 6.07) is 39.8. The van der Waals surface area contributed by atoms with Crippen LogP contribution < -0.4 is 0 Å². The van der Waals surface area contributed by atoms with Crippen LogP contribution in [-0.2, 0) is 0 Å². The molecule has 0 aliphatic heterocycles. The molecule has 7 aromatic rings. The lowest BCUT2D eigenvalue weighted by Gasteiger charge is -2.05. The van der Waals surface area contributed by atoms with E-state index in [1.807, 2.05) is 0 Å². The first-order chi connectivity index (χ1) is 15.8. The fraction of sp³-hybridized carbons (Fsp3) is 0. The number of nitrogens with zero attached hydrogens (tertiary/aromatic N) is 1. The zero-order valence-electron chi connectivity index (χ0n) is 17.2. The molecule has 0 saturated heterocycles. The third-order valence-corrected chi connectivity index (χ3v) is 7.24. The van der Waals surface area contributed by atoms with Crippen molar-refractivity contribution in [2.24, 2.45) is 0 Å². The second kappa shape index (κ2) is 6.81. The molecular weight excluding hydrogens is 501 g/mol. The summed E-state index contributed by atoms with van der Waals surface area (Å²) in [5.74, 6) is 0. The molecule has 0 aliphatic rings. The van der Waals surface area contributed by atoms with Gasteiger partial charge in [-0.3, -0.25) is 0 Å². The summed E-state index contributed by atoms with van der Waals surface area (Å²) in [6.07, 6.45) is 0. The molecule has 0 amide bonds. The van der Waals surface area contributed by atoms with Crippen molar-refractivity contribution < 1.29 is 0 Å². The van der Waals surface area contributed by atoms with Gasteiger partial charge in [-0.25, -0.2) is 0 Å². The van der Waals surface area contributed by atoms with Crippen molar-refractivity contribution >= 4 is 60.7 Å². The fourth-order valence-electron chi connectivity index (χ4n) is 5.13. The quantitative estimate of drug-likeness (QED) is 0.201. The highest BCUT2D eigenvalue weighted by Crippen LogP contribution is 2.42. The fourth-order valence-corrected chi connectivity index (χ4v) is 5.62. The van der Waals surface area contributed by atoms with E-state index < -0.39 is 0 Å². The van der Waals surface area contributed by atoms with Crippen LogP contribution in [0.25, 0.3) is 60.3 Å². The summed E-state index contributed by atoms with van der Waals surface area (Å²) in [7, 11) is 0. The molecule has 150 valence electrons. The van der Waals surface area contributed by atoms with Crippen molar-refractivity contribution in [1.29, 1.82) is 0 Å². The summed E-state index contributed by atoms with van der Waals surface area (Å²) in [5, 5.41) is 5.28. The lowest BCUT2D eigenvalue weighted by Crippen LogP contribution is -1.82. The van der Waals surface area contributed by atoms with E-state index in [0.29, 0.717) is 0 Å². The van der Waals surface area contributed by atoms with Crippen molar-refractivity contribution in [1.82, 2.24) is 4.40 Å². The summed E-state index contributed by atoms with van der Waals surface area (Å²) >= 11 is 2.42. The van der Waals surface area contributed by atoms with E-state index in [1.54, 1.807) is 0 Å². The van der Waals surface area contributed by atoms with E-state index in [4.69, 9.17) is 0 Å². The van der Waals surface area contributed by atoms with Crippen LogP contribution in [0.15, 0.2) is 109 Å². The molecule has 0 aliphatic carbocycles. The third kappa shape index (κ3) is 2.56. The van der Waals surface area contributed by atoms with Crippen LogP contribution in [0.4, 0.5) is 0 Å². The molecule has 5 aromatic carbocycles. The molecule has 0 fully saturated rings. The van der Waals surface area contributed by atoms with Gasteiger partial charge >= 0.3 is 0 Å². The van der Waals surface area contributed by atoms with Crippen LogP contribution in [0.5, 0.6) is 0 Å². The number of aromatic nitrogens is 1. The molecule has 0 N–H and O–H groups in total. The Morgan fingerprint density at radius 1 is 0.438 bits per heavy atom. The van der Waals surface area contributed by atoms with Crippen LogP contribution >= 0.6 is 22.6 Å². The van der Waals surface area contributed by atoms with E-state index in [-0.39, 0.29) is 0 Å². The Morgan fingerprint density at radius 2 is 0.969 bits per heavy atom. The SMILES string of the molecule is Ic1ccc2c(c1)c1cc(-c3ccccc3)cc3c4cc(-c5ccccc5)ccc4n2c13. The van der Waals surface area contributed by atoms with Crippen LogP contribution in [0.3, 0.4) is 0 Å². The van der Waals surface area contributed by atoms with E-state index in [9.17, 15) is 0 Å². The molecule has 7 rings (SSSR count). The molecule has 1 nitrogen and oxygen atoms in total. The minimum absolute atomic E-state index is 1.25. The maximum absolute atomic E-state index is 2.45. The number of halogens is 1. The zero-order chi connectivity index (χ0) is 21.2. The Morgan fingerprint density at radius 3 is 1.62 bits per heavy atom. The molecule has 0 radical (unpaired) electrons. The third-order valence-electron chi connectivity index (χ3n) is 6.57. The van der Waals surface area contributed by atoms with Gasteiger partial charge in [0.25, 0.3) is 0 Å². The minimum atomic E-state index is 1.25. The molecule has 0 unspecified atom stereocenters. The lowest BCUT2D eigenvalue weighted by molar-refractivity contribution is 1.37. The Labute approximate surface area is 199 Å². The van der Waals surface area contributed by atoms with Crippen LogP contribution in [0, 0.1) is 3.57 Å². The number of fused-ring (bicyclic) bond motifs is 6. The van der Waals surface area contributed by atoms with E-state index in [2.05, 4.69) is 136 Å². The predicted molar refractivity (Wildman–Crippen MR) is 145 cm³/mol. The topological polar surface area (TPSA) is 4.41 Å². The highest BCUT2D eigenvalue weighted by Gasteiger charge is 2.19. The maximum atomic E-state index is 2.45. The molecule has 2 heteroatoms. The van der Waals surface area contributed by atoms with Crippen molar-refractivity contribution in [3.8, 4) is 22.3 Å². The summed E-state index contributed by atoms with van der Waals surface area (Å²) < 4.78 is 3.72. The highest BCUT2D eigenvalue weighted by molar-refractivity contribution is 14.1. The Kier molecular flexibility index (Phi) is 3.88. The summed E-state index contributed by atoms with van der Waals surface area (Å²) in [5.41, 5.74) is 8.90. The van der Waals surface area contributed by atoms with Crippen molar-refractivity contribution in [3.63, 3.8) is 0 Å². The molecule has 2 aromatic heterocycles. The van der Waals surface area contributed by atoms with Gasteiger partial charge in [0.2, 0.25) is 0 Å². The van der Waals surface area contributed by atoms with E-state index in [0.717, 1.165) is 0 Å². The van der Waals surface area contributed by atoms with Gasteiger partial charge in [-0.2, -0.15) is 0 Å². The largest absolute Gasteiger partial charge is 0.308 e. The standard InChI is InChI=1S/C30H18IN/c31-23-12-14-29-25(18-23)27-17-22(20-9-5-2-6-10-20)16-26-24-15-21(19-7-3-1-4-8-19)11-13-28(24)32(29)30(26)27/h1-18H. The van der Waals surface area contributed by atoms with Crippen LogP contribution in [0.2, 0.25) is 0 Å². The molecule has 2 heterocycles. The monoisotopic (exact) mass is 519 g/mol. The van der Waals surface area contributed by atoms with E-state index in [1.165, 1.54) is 63.9 Å². The van der Waals surface area contributed by atoms with Gasteiger partial charge < -0.3 is 4.40 Å². The Balaban J connectivity index is 1.66. The maximum Gasteiger partial charge on any atom is 0.0620 e. The Hall–Kier alpha value is -3.37. The average Bonchev–Trinajstić information content (AvgIpc) is 3.35. The first-order valence-corrected chi connectivity index (χ1v) is 11.9. The smallest absolute Gasteiger partial charge is 0.0620 e. The molecule has 0 saturated carbocycles. The van der Waals surface area contributed by atoms with Crippen molar-refractivity contribution in [2.75, 3.05) is 0 Å². The Bertz CT molecular complexity index is 1760. The normalized spacial score (nSPS) is 11.9. The number of benzene rings is 5. The van der Waals surface area contributed by atoms with Gasteiger partial charge in [0.05, 0.1) is 16.6 Å². The average molecular weight is 519 g/mol. The van der Waals surface area contributed by atoms with Gasteiger partial charge in [-0.15, -0.1) is 0 Å². The minimum Gasteiger partial charge on any atom is -0.308 e. The van der Waals surface area contributed by atoms with Crippen molar-refractivity contribution in [2.45, 2.75) is 0 Å². The van der Waals surface area contributed by atoms with Gasteiger partial charge in [0, 0.05) is 25.1 Å². The molecule has 0 atom stereocenters. The predicted octanol–water partition coefficient (Wildman–Crippen LogP) is 8.78.